The Balaban J connectivity index is 1.38. The lowest BCUT2D eigenvalue weighted by molar-refractivity contribution is -0.132. The van der Waals surface area contributed by atoms with Crippen molar-refractivity contribution in [2.24, 2.45) is 0 Å². The molecule has 3 rings (SSSR count). The van der Waals surface area contributed by atoms with Crippen molar-refractivity contribution < 1.29 is 19.2 Å². The van der Waals surface area contributed by atoms with Crippen molar-refractivity contribution in [1.82, 2.24) is 15.1 Å². The Morgan fingerprint density at radius 1 is 1.00 bits per heavy atom. The largest absolute Gasteiger partial charge is 0.353 e. The van der Waals surface area contributed by atoms with Crippen LogP contribution in [-0.2, 0) is 9.59 Å². The summed E-state index contributed by atoms with van der Waals surface area (Å²) in [6.45, 7) is 3.57. The van der Waals surface area contributed by atoms with E-state index in [-0.39, 0.29) is 36.2 Å². The third-order valence-electron chi connectivity index (χ3n) is 5.62. The van der Waals surface area contributed by atoms with Crippen LogP contribution in [0.15, 0.2) is 24.3 Å². The zero-order valence-electron chi connectivity index (χ0n) is 17.0. The summed E-state index contributed by atoms with van der Waals surface area (Å²) in [4.78, 5) is 52.1. The van der Waals surface area contributed by atoms with Gasteiger partial charge in [0.15, 0.2) is 0 Å². The van der Waals surface area contributed by atoms with Crippen molar-refractivity contribution in [3.63, 3.8) is 0 Å². The van der Waals surface area contributed by atoms with Crippen molar-refractivity contribution in [1.29, 1.82) is 0 Å². The first-order valence-corrected chi connectivity index (χ1v) is 10.5. The van der Waals surface area contributed by atoms with Gasteiger partial charge in [0.25, 0.3) is 11.8 Å². The molecule has 7 heteroatoms. The zero-order chi connectivity index (χ0) is 20.8. The number of nitrogens with one attached hydrogen (secondary N) is 1. The monoisotopic (exact) mass is 399 g/mol. The molecule has 156 valence electrons. The third kappa shape index (κ3) is 5.02. The lowest BCUT2D eigenvalue weighted by Gasteiger charge is -2.32. The second-order valence-corrected chi connectivity index (χ2v) is 7.74. The Labute approximate surface area is 171 Å². The molecule has 1 saturated heterocycles. The first kappa shape index (κ1) is 21.0. The molecule has 0 spiro atoms. The lowest BCUT2D eigenvalue weighted by atomic mass is 10.0. The van der Waals surface area contributed by atoms with Gasteiger partial charge in [0, 0.05) is 38.5 Å². The van der Waals surface area contributed by atoms with E-state index >= 15 is 0 Å². The number of carbonyl (C=O) groups is 4. The number of imide groups is 1. The average Bonchev–Trinajstić information content (AvgIpc) is 2.98. The minimum atomic E-state index is -0.280. The number of hydrogen-bond donors (Lipinski definition) is 1. The fraction of sp³-hybridized carbons (Fsp3) is 0.545. The van der Waals surface area contributed by atoms with Crippen molar-refractivity contribution >= 4 is 23.6 Å². The van der Waals surface area contributed by atoms with Gasteiger partial charge < -0.3 is 10.2 Å². The van der Waals surface area contributed by atoms with Crippen LogP contribution in [0.2, 0.25) is 0 Å². The van der Waals surface area contributed by atoms with Gasteiger partial charge in [-0.2, -0.15) is 0 Å². The van der Waals surface area contributed by atoms with Crippen LogP contribution >= 0.6 is 0 Å². The number of amides is 4. The number of hydrogen-bond acceptors (Lipinski definition) is 4. The van der Waals surface area contributed by atoms with E-state index in [0.29, 0.717) is 43.5 Å². The molecule has 2 heterocycles. The number of carbonyl (C=O) groups excluding carboxylic acids is 4. The molecule has 1 N–H and O–H groups in total. The number of piperidine rings is 1. The SMILES string of the molecule is CCCCC(=O)NC1CCN(C(=O)CCCN2C(=O)c3ccccc3C2=O)CC1. The molecule has 2 aliphatic heterocycles. The molecule has 0 unspecified atom stereocenters. The second-order valence-electron chi connectivity index (χ2n) is 7.74. The van der Waals surface area contributed by atoms with E-state index in [1.807, 2.05) is 4.90 Å². The number of fused-ring (bicyclic) bond motifs is 1. The number of benzene rings is 1. The van der Waals surface area contributed by atoms with Crippen LogP contribution in [0.4, 0.5) is 0 Å². The van der Waals surface area contributed by atoms with Gasteiger partial charge in [-0.25, -0.2) is 0 Å². The summed E-state index contributed by atoms with van der Waals surface area (Å²) < 4.78 is 0. The summed E-state index contributed by atoms with van der Waals surface area (Å²) in [7, 11) is 0. The Hall–Kier alpha value is -2.70. The predicted molar refractivity (Wildman–Crippen MR) is 108 cm³/mol. The van der Waals surface area contributed by atoms with E-state index in [2.05, 4.69) is 12.2 Å². The molecule has 0 bridgehead atoms. The van der Waals surface area contributed by atoms with E-state index in [0.717, 1.165) is 25.7 Å². The molecule has 0 saturated carbocycles. The summed E-state index contributed by atoms with van der Waals surface area (Å²) >= 11 is 0. The third-order valence-corrected chi connectivity index (χ3v) is 5.62. The smallest absolute Gasteiger partial charge is 0.261 e. The van der Waals surface area contributed by atoms with Gasteiger partial charge >= 0.3 is 0 Å². The van der Waals surface area contributed by atoms with Crippen LogP contribution in [0, 0.1) is 0 Å². The van der Waals surface area contributed by atoms with Crippen LogP contribution < -0.4 is 5.32 Å². The fourth-order valence-electron chi connectivity index (χ4n) is 3.90. The Bertz CT molecular complexity index is 749. The molecule has 4 amide bonds. The van der Waals surface area contributed by atoms with Crippen LogP contribution in [0.5, 0.6) is 0 Å². The molecular formula is C22H29N3O4. The highest BCUT2D eigenvalue weighted by Crippen LogP contribution is 2.23. The maximum absolute atomic E-state index is 12.5. The van der Waals surface area contributed by atoms with Crippen LogP contribution in [0.25, 0.3) is 0 Å². The molecule has 0 radical (unpaired) electrons. The maximum Gasteiger partial charge on any atom is 0.261 e. The molecule has 29 heavy (non-hydrogen) atoms. The van der Waals surface area contributed by atoms with Gasteiger partial charge in [0.05, 0.1) is 11.1 Å². The van der Waals surface area contributed by atoms with Crippen molar-refractivity contribution in [3.05, 3.63) is 35.4 Å². The van der Waals surface area contributed by atoms with Gasteiger partial charge in [0.1, 0.15) is 0 Å². The summed E-state index contributed by atoms with van der Waals surface area (Å²) in [5.74, 6) is -0.426. The molecule has 0 atom stereocenters. The highest BCUT2D eigenvalue weighted by atomic mass is 16.2. The number of unbranched alkanes of at least 4 members (excludes halogenated alkanes) is 1. The number of nitrogens with zero attached hydrogens (tertiary/aromatic N) is 2. The highest BCUT2D eigenvalue weighted by Gasteiger charge is 2.34. The van der Waals surface area contributed by atoms with Crippen molar-refractivity contribution in [3.8, 4) is 0 Å². The summed E-state index contributed by atoms with van der Waals surface area (Å²) in [6, 6.07) is 6.94. The van der Waals surface area contributed by atoms with E-state index in [1.165, 1.54) is 4.90 Å². The normalized spacial score (nSPS) is 16.9. The minimum Gasteiger partial charge on any atom is -0.353 e. The highest BCUT2D eigenvalue weighted by molar-refractivity contribution is 6.21. The quantitative estimate of drug-likeness (QED) is 0.680. The molecule has 0 aliphatic carbocycles. The van der Waals surface area contributed by atoms with Gasteiger partial charge in [-0.15, -0.1) is 0 Å². The predicted octanol–water partition coefficient (Wildman–Crippen LogP) is 2.36. The number of likely N-dealkylation sites (tertiary alicyclic amines) is 1. The van der Waals surface area contributed by atoms with Crippen LogP contribution in [0.1, 0.15) is 72.6 Å². The van der Waals surface area contributed by atoms with Gasteiger partial charge in [0.2, 0.25) is 11.8 Å². The van der Waals surface area contributed by atoms with Crippen LogP contribution in [0.3, 0.4) is 0 Å². The Morgan fingerprint density at radius 3 is 2.21 bits per heavy atom. The fourth-order valence-corrected chi connectivity index (χ4v) is 3.90. The summed E-state index contributed by atoms with van der Waals surface area (Å²) in [5, 5.41) is 3.05. The summed E-state index contributed by atoms with van der Waals surface area (Å²) in [5.41, 5.74) is 0.874. The molecule has 7 nitrogen and oxygen atoms in total. The zero-order valence-corrected chi connectivity index (χ0v) is 17.0. The van der Waals surface area contributed by atoms with E-state index in [1.54, 1.807) is 24.3 Å². The molecule has 2 aliphatic rings. The molecular weight excluding hydrogens is 370 g/mol. The first-order valence-electron chi connectivity index (χ1n) is 10.5. The molecule has 0 aromatic heterocycles. The standard InChI is InChI=1S/C22H29N3O4/c1-2-3-9-19(26)23-16-11-14-24(15-12-16)20(27)10-6-13-25-21(28)17-7-4-5-8-18(17)22(25)29/h4-5,7-8,16H,2-3,6,9-15H2,1H3,(H,23,26). The van der Waals surface area contributed by atoms with Crippen molar-refractivity contribution in [2.45, 2.75) is 57.9 Å². The van der Waals surface area contributed by atoms with Gasteiger partial charge in [-0.05, 0) is 37.8 Å². The summed E-state index contributed by atoms with van der Waals surface area (Å²) in [6.07, 6.45) is 4.76. The minimum absolute atomic E-state index is 0.0392. The average molecular weight is 399 g/mol. The number of rotatable bonds is 8. The van der Waals surface area contributed by atoms with Gasteiger partial charge in [-0.3, -0.25) is 24.1 Å². The molecule has 1 aromatic carbocycles. The maximum atomic E-state index is 12.5. The second kappa shape index (κ2) is 9.67. The first-order chi connectivity index (χ1) is 14.0. The lowest BCUT2D eigenvalue weighted by Crippen LogP contribution is -2.46. The van der Waals surface area contributed by atoms with E-state index < -0.39 is 0 Å². The molecule has 1 aromatic rings. The van der Waals surface area contributed by atoms with Crippen molar-refractivity contribution in [2.75, 3.05) is 19.6 Å². The van der Waals surface area contributed by atoms with Crippen LogP contribution in [-0.4, -0.2) is 59.1 Å². The Morgan fingerprint density at radius 2 is 1.62 bits per heavy atom. The molecule has 1 fully saturated rings. The van der Waals surface area contributed by atoms with E-state index in [9.17, 15) is 19.2 Å². The topological polar surface area (TPSA) is 86.8 Å². The van der Waals surface area contributed by atoms with E-state index in [4.69, 9.17) is 0 Å². The van der Waals surface area contributed by atoms with Gasteiger partial charge in [-0.1, -0.05) is 25.5 Å². The Kier molecular flexibility index (Phi) is 7.01.